The first-order chi connectivity index (χ1) is 9.76. The van der Waals surface area contributed by atoms with Crippen molar-refractivity contribution in [2.45, 2.75) is 83.6 Å². The van der Waals surface area contributed by atoms with Crippen LogP contribution in [0, 0.1) is 0 Å². The molecule has 0 aliphatic rings. The molecule has 1 unspecified atom stereocenters. The van der Waals surface area contributed by atoms with E-state index >= 15 is 0 Å². The maximum Gasteiger partial charge on any atom is 0.0160 e. The summed E-state index contributed by atoms with van der Waals surface area (Å²) >= 11 is 0. The Kier molecular flexibility index (Phi) is 19.5. The molecule has 0 amide bonds. The second-order valence-corrected chi connectivity index (χ2v) is 6.02. The average molecular weight is 316 g/mol. The van der Waals surface area contributed by atoms with Crippen molar-refractivity contribution in [3.63, 3.8) is 0 Å². The molecule has 0 aromatic carbocycles. The molecule has 0 saturated carbocycles. The van der Waals surface area contributed by atoms with Gasteiger partial charge in [-0.1, -0.05) is 76.9 Å². The Morgan fingerprint density at radius 3 is 1.86 bits per heavy atom. The summed E-state index contributed by atoms with van der Waals surface area (Å²) in [5, 5.41) is 0. The van der Waals surface area contributed by atoms with E-state index in [1.165, 1.54) is 64.2 Å². The minimum absolute atomic E-state index is 0. The Balaban J connectivity index is 0. The number of hydrogen-bond donors (Lipinski definition) is 0. The van der Waals surface area contributed by atoms with Gasteiger partial charge in [-0.15, -0.1) is 25.6 Å². The molecule has 0 saturated heterocycles. The highest BCUT2D eigenvalue weighted by atomic mass is 35.5. The zero-order valence-electron chi connectivity index (χ0n) is 14.5. The zero-order valence-corrected chi connectivity index (χ0v) is 15.3. The Hall–Kier alpha value is -0.270. The van der Waals surface area contributed by atoms with Crippen molar-refractivity contribution < 1.29 is 0 Å². The molecule has 2 heteroatoms. The van der Waals surface area contributed by atoms with Gasteiger partial charge in [-0.05, 0) is 19.9 Å². The van der Waals surface area contributed by atoms with Crippen LogP contribution < -0.4 is 0 Å². The molecule has 0 heterocycles. The molecule has 0 aromatic heterocycles. The summed E-state index contributed by atoms with van der Waals surface area (Å²) in [5.41, 5.74) is 0. The van der Waals surface area contributed by atoms with Crippen molar-refractivity contribution in [1.82, 2.24) is 4.90 Å². The fourth-order valence-electron chi connectivity index (χ4n) is 2.75. The van der Waals surface area contributed by atoms with Gasteiger partial charge in [-0.3, -0.25) is 4.90 Å². The molecule has 0 aliphatic heterocycles. The highest BCUT2D eigenvalue weighted by Crippen LogP contribution is 2.15. The van der Waals surface area contributed by atoms with E-state index in [0.29, 0.717) is 6.04 Å². The van der Waals surface area contributed by atoms with Gasteiger partial charge in [0.25, 0.3) is 0 Å². The van der Waals surface area contributed by atoms with Crippen LogP contribution in [0.4, 0.5) is 0 Å². The Morgan fingerprint density at radius 1 is 0.857 bits per heavy atom. The normalized spacial score (nSPS) is 12.0. The molecule has 1 nitrogen and oxygen atoms in total. The van der Waals surface area contributed by atoms with Crippen LogP contribution in [0.5, 0.6) is 0 Å². The number of nitrogens with zero attached hydrogens (tertiary/aromatic N) is 1. The Bertz CT molecular complexity index is 228. The average Bonchev–Trinajstić information content (AvgIpc) is 2.44. The lowest BCUT2D eigenvalue weighted by Gasteiger charge is -2.26. The number of unbranched alkanes of at least 4 members (excludes halogenated alkanes) is 8. The molecule has 0 radical (unpaired) electrons. The van der Waals surface area contributed by atoms with Gasteiger partial charge >= 0.3 is 0 Å². The first-order valence-electron chi connectivity index (χ1n) is 8.68. The fraction of sp³-hybridized carbons (Fsp3) is 0.789. The van der Waals surface area contributed by atoms with Crippen LogP contribution in [0.2, 0.25) is 0 Å². The van der Waals surface area contributed by atoms with Gasteiger partial charge < -0.3 is 0 Å². The highest BCUT2D eigenvalue weighted by molar-refractivity contribution is 5.85. The van der Waals surface area contributed by atoms with Crippen molar-refractivity contribution in [3.05, 3.63) is 25.3 Å². The van der Waals surface area contributed by atoms with E-state index in [9.17, 15) is 0 Å². The molecule has 0 fully saturated rings. The molecule has 0 aromatic rings. The number of likely N-dealkylation sites (N-methyl/N-ethyl adjacent to an activating group) is 1. The molecule has 1 atom stereocenters. The summed E-state index contributed by atoms with van der Waals surface area (Å²) in [6.07, 6.45) is 19.1. The van der Waals surface area contributed by atoms with Gasteiger partial charge in [-0.2, -0.15) is 0 Å². The molecule has 21 heavy (non-hydrogen) atoms. The van der Waals surface area contributed by atoms with Crippen LogP contribution >= 0.6 is 12.4 Å². The zero-order chi connectivity index (χ0) is 15.1. The minimum atomic E-state index is 0. The van der Waals surface area contributed by atoms with Crippen molar-refractivity contribution in [2.24, 2.45) is 0 Å². The van der Waals surface area contributed by atoms with Gasteiger partial charge in [0.15, 0.2) is 0 Å². The first kappa shape index (κ1) is 23.0. The van der Waals surface area contributed by atoms with Crippen LogP contribution in [0.3, 0.4) is 0 Å². The third-order valence-corrected chi connectivity index (χ3v) is 4.12. The van der Waals surface area contributed by atoms with Crippen molar-refractivity contribution in [1.29, 1.82) is 0 Å². The lowest BCUT2D eigenvalue weighted by Crippen LogP contribution is -2.31. The van der Waals surface area contributed by atoms with E-state index in [1.54, 1.807) is 0 Å². The lowest BCUT2D eigenvalue weighted by atomic mass is 10.0. The molecule has 126 valence electrons. The van der Waals surface area contributed by atoms with Crippen LogP contribution in [0.1, 0.15) is 77.6 Å². The molecule has 0 bridgehead atoms. The van der Waals surface area contributed by atoms with Gasteiger partial charge in [0.1, 0.15) is 0 Å². The molecule has 0 N–H and O–H groups in total. The van der Waals surface area contributed by atoms with E-state index in [-0.39, 0.29) is 12.4 Å². The molecule has 0 rings (SSSR count). The Morgan fingerprint density at radius 2 is 1.38 bits per heavy atom. The fourth-order valence-corrected chi connectivity index (χ4v) is 2.75. The van der Waals surface area contributed by atoms with Crippen LogP contribution in [0.15, 0.2) is 25.3 Å². The summed E-state index contributed by atoms with van der Waals surface area (Å²) in [6.45, 7) is 11.0. The third-order valence-electron chi connectivity index (χ3n) is 4.12. The summed E-state index contributed by atoms with van der Waals surface area (Å²) in [6, 6.07) is 0.648. The first-order valence-corrected chi connectivity index (χ1v) is 8.68. The smallest absolute Gasteiger partial charge is 0.0160 e. The summed E-state index contributed by atoms with van der Waals surface area (Å²) < 4.78 is 0. The van der Waals surface area contributed by atoms with E-state index < -0.39 is 0 Å². The molecular weight excluding hydrogens is 278 g/mol. The number of rotatable bonds is 15. The second kappa shape index (κ2) is 17.8. The topological polar surface area (TPSA) is 3.24 Å². The van der Waals surface area contributed by atoms with Gasteiger partial charge in [0, 0.05) is 12.6 Å². The largest absolute Gasteiger partial charge is 0.299 e. The predicted octanol–water partition coefficient (Wildman–Crippen LogP) is 6.39. The maximum absolute atomic E-state index is 3.88. The SMILES string of the molecule is C=CCC(CCCCCCCCCCC)N(C)CC=C.Cl. The van der Waals surface area contributed by atoms with Gasteiger partial charge in [-0.25, -0.2) is 0 Å². The molecule has 0 aliphatic carbocycles. The predicted molar refractivity (Wildman–Crippen MR) is 101 cm³/mol. The molecular formula is C19H38ClN. The third kappa shape index (κ3) is 14.4. The van der Waals surface area contributed by atoms with Gasteiger partial charge in [0.2, 0.25) is 0 Å². The lowest BCUT2D eigenvalue weighted by molar-refractivity contribution is 0.248. The number of halogens is 1. The van der Waals surface area contributed by atoms with Gasteiger partial charge in [0.05, 0.1) is 0 Å². The minimum Gasteiger partial charge on any atom is -0.299 e. The van der Waals surface area contributed by atoms with Crippen molar-refractivity contribution in [3.8, 4) is 0 Å². The summed E-state index contributed by atoms with van der Waals surface area (Å²) in [4.78, 5) is 2.40. The van der Waals surface area contributed by atoms with Crippen LogP contribution in [-0.4, -0.2) is 24.5 Å². The summed E-state index contributed by atoms with van der Waals surface area (Å²) in [5.74, 6) is 0. The van der Waals surface area contributed by atoms with E-state index in [4.69, 9.17) is 0 Å². The standard InChI is InChI=1S/C19H37N.ClH/c1-5-8-9-10-11-12-13-14-15-17-19(16-6-2)20(4)18-7-3;/h6-7,19H,2-3,5,8-18H2,1,4H3;1H. The monoisotopic (exact) mass is 315 g/mol. The van der Waals surface area contributed by atoms with Crippen molar-refractivity contribution in [2.75, 3.05) is 13.6 Å². The second-order valence-electron chi connectivity index (χ2n) is 6.02. The summed E-state index contributed by atoms with van der Waals surface area (Å²) in [7, 11) is 2.20. The van der Waals surface area contributed by atoms with Crippen LogP contribution in [-0.2, 0) is 0 Å². The van der Waals surface area contributed by atoms with Crippen molar-refractivity contribution >= 4 is 12.4 Å². The number of hydrogen-bond acceptors (Lipinski definition) is 1. The maximum atomic E-state index is 3.88. The highest BCUT2D eigenvalue weighted by Gasteiger charge is 2.11. The van der Waals surface area contributed by atoms with E-state index in [2.05, 4.69) is 38.1 Å². The Labute approximate surface area is 140 Å². The molecule has 0 spiro atoms. The quantitative estimate of drug-likeness (QED) is 0.250. The van der Waals surface area contributed by atoms with E-state index in [1.807, 2.05) is 6.08 Å². The van der Waals surface area contributed by atoms with Crippen LogP contribution in [0.25, 0.3) is 0 Å². The van der Waals surface area contributed by atoms with E-state index in [0.717, 1.165) is 13.0 Å².